The number of nitrogens with zero attached hydrogens (tertiary/aromatic N) is 3. The smallest absolute Gasteiger partial charge is 0.253 e. The van der Waals surface area contributed by atoms with Crippen molar-refractivity contribution in [2.45, 2.75) is 20.4 Å². The Morgan fingerprint density at radius 2 is 2.05 bits per heavy atom. The van der Waals surface area contributed by atoms with Gasteiger partial charge in [-0.1, -0.05) is 11.6 Å². The molecule has 7 heteroatoms. The number of carbonyl (C=O) groups is 1. The van der Waals surface area contributed by atoms with Crippen LogP contribution in [0.4, 0.5) is 5.82 Å². The lowest BCUT2D eigenvalue weighted by Crippen LogP contribution is -2.23. The Bertz CT molecular complexity index is 630. The second-order valence-corrected chi connectivity index (χ2v) is 4.82. The predicted octanol–water partition coefficient (Wildman–Crippen LogP) is 2.20. The minimum absolute atomic E-state index is 0.255. The molecular weight excluding hydrogens is 290 g/mol. The van der Waals surface area contributed by atoms with Crippen LogP contribution in [0, 0.1) is 6.92 Å². The molecule has 0 aliphatic rings. The van der Waals surface area contributed by atoms with Crippen molar-refractivity contribution < 1.29 is 4.79 Å². The fourth-order valence-electron chi connectivity index (χ4n) is 1.64. The number of aromatic nitrogens is 3. The van der Waals surface area contributed by atoms with E-state index in [0.29, 0.717) is 35.2 Å². The molecule has 6 nitrogen and oxygen atoms in total. The van der Waals surface area contributed by atoms with Crippen molar-refractivity contribution in [3.63, 3.8) is 0 Å². The summed E-state index contributed by atoms with van der Waals surface area (Å²) in [5, 5.41) is 6.18. The Hall–Kier alpha value is -2.21. The molecular formula is C14H16ClN5O. The molecule has 0 aliphatic carbocycles. The molecule has 2 rings (SSSR count). The van der Waals surface area contributed by atoms with E-state index in [1.165, 1.54) is 6.20 Å². The summed E-state index contributed by atoms with van der Waals surface area (Å²) in [7, 11) is 0. The number of amides is 1. The summed E-state index contributed by atoms with van der Waals surface area (Å²) in [5.74, 6) is 0.315. The highest BCUT2D eigenvalue weighted by atomic mass is 35.5. The van der Waals surface area contributed by atoms with Gasteiger partial charge >= 0.3 is 0 Å². The van der Waals surface area contributed by atoms with Gasteiger partial charge in [0.1, 0.15) is 5.82 Å². The van der Waals surface area contributed by atoms with Gasteiger partial charge in [-0.15, -0.1) is 0 Å². The first-order valence-electron chi connectivity index (χ1n) is 6.55. The molecule has 110 valence electrons. The molecule has 0 fully saturated rings. The van der Waals surface area contributed by atoms with Gasteiger partial charge in [-0.2, -0.15) is 0 Å². The third-order valence-corrected chi connectivity index (χ3v) is 3.00. The molecule has 1 amide bonds. The summed E-state index contributed by atoms with van der Waals surface area (Å²) in [6, 6.07) is 1.59. The van der Waals surface area contributed by atoms with E-state index in [0.717, 1.165) is 5.69 Å². The lowest BCUT2D eigenvalue weighted by molar-refractivity contribution is 0.0950. The van der Waals surface area contributed by atoms with Crippen molar-refractivity contribution in [2.24, 2.45) is 0 Å². The van der Waals surface area contributed by atoms with E-state index < -0.39 is 0 Å². The first kappa shape index (κ1) is 15.2. The number of carbonyl (C=O) groups excluding carboxylic acids is 1. The van der Waals surface area contributed by atoms with Crippen LogP contribution >= 0.6 is 11.6 Å². The molecule has 2 aromatic rings. The van der Waals surface area contributed by atoms with E-state index in [-0.39, 0.29) is 5.91 Å². The van der Waals surface area contributed by atoms with Crippen molar-refractivity contribution in [1.82, 2.24) is 20.3 Å². The minimum atomic E-state index is -0.255. The van der Waals surface area contributed by atoms with Crippen molar-refractivity contribution in [3.05, 3.63) is 46.6 Å². The van der Waals surface area contributed by atoms with Gasteiger partial charge in [0.2, 0.25) is 0 Å². The number of nitrogens with one attached hydrogen (secondary N) is 2. The van der Waals surface area contributed by atoms with Crippen LogP contribution in [0.1, 0.15) is 28.7 Å². The van der Waals surface area contributed by atoms with Gasteiger partial charge < -0.3 is 10.6 Å². The number of anilines is 1. The maximum Gasteiger partial charge on any atom is 0.253 e. The highest BCUT2D eigenvalue weighted by Gasteiger charge is 2.09. The van der Waals surface area contributed by atoms with Gasteiger partial charge in [-0.25, -0.2) is 4.98 Å². The van der Waals surface area contributed by atoms with Crippen LogP contribution in [0.25, 0.3) is 0 Å². The van der Waals surface area contributed by atoms with Crippen LogP contribution in [-0.4, -0.2) is 27.4 Å². The summed E-state index contributed by atoms with van der Waals surface area (Å²) in [6.45, 7) is 4.82. The zero-order valence-electron chi connectivity index (χ0n) is 11.9. The van der Waals surface area contributed by atoms with Crippen LogP contribution in [0.15, 0.2) is 24.7 Å². The quantitative estimate of drug-likeness (QED) is 0.885. The third-order valence-electron chi connectivity index (χ3n) is 2.71. The molecule has 0 saturated carbocycles. The Labute approximate surface area is 128 Å². The van der Waals surface area contributed by atoms with Crippen molar-refractivity contribution in [1.29, 1.82) is 0 Å². The van der Waals surface area contributed by atoms with Crippen LogP contribution in [0.2, 0.25) is 5.02 Å². The van der Waals surface area contributed by atoms with Crippen molar-refractivity contribution in [2.75, 3.05) is 11.9 Å². The van der Waals surface area contributed by atoms with E-state index >= 15 is 0 Å². The molecule has 0 radical (unpaired) electrons. The Kier molecular flexibility index (Phi) is 5.05. The summed E-state index contributed by atoms with van der Waals surface area (Å²) in [4.78, 5) is 24.4. The highest BCUT2D eigenvalue weighted by molar-refractivity contribution is 6.33. The third kappa shape index (κ3) is 4.13. The molecule has 2 heterocycles. The standard InChI is InChI=1S/C14H16ClN5O/c1-3-16-13-12(15)4-10(6-19-13)14(21)20-8-11-7-17-9(2)5-18-11/h4-7H,3,8H2,1-2H3,(H,16,19)(H,20,21). The van der Waals surface area contributed by atoms with E-state index in [1.807, 2.05) is 13.8 Å². The maximum atomic E-state index is 12.0. The van der Waals surface area contributed by atoms with Gasteiger partial charge in [-0.05, 0) is 19.9 Å². The summed E-state index contributed by atoms with van der Waals surface area (Å²) in [6.07, 6.45) is 4.78. The summed E-state index contributed by atoms with van der Waals surface area (Å²) >= 11 is 6.06. The molecule has 21 heavy (non-hydrogen) atoms. The summed E-state index contributed by atoms with van der Waals surface area (Å²) < 4.78 is 0. The fourth-order valence-corrected chi connectivity index (χ4v) is 1.88. The van der Waals surface area contributed by atoms with Crippen molar-refractivity contribution >= 4 is 23.3 Å². The minimum Gasteiger partial charge on any atom is -0.369 e. The zero-order chi connectivity index (χ0) is 15.2. The number of hydrogen-bond donors (Lipinski definition) is 2. The monoisotopic (exact) mass is 305 g/mol. The van der Waals surface area contributed by atoms with E-state index in [2.05, 4.69) is 25.6 Å². The molecule has 0 aromatic carbocycles. The first-order chi connectivity index (χ1) is 10.1. The number of aryl methyl sites for hydroxylation is 1. The molecule has 0 unspecified atom stereocenters. The average Bonchev–Trinajstić information content (AvgIpc) is 2.48. The van der Waals surface area contributed by atoms with Crippen LogP contribution in [-0.2, 0) is 6.54 Å². The van der Waals surface area contributed by atoms with E-state index in [1.54, 1.807) is 18.5 Å². The summed E-state index contributed by atoms with van der Waals surface area (Å²) in [5.41, 5.74) is 1.93. The SMILES string of the molecule is CCNc1ncc(C(=O)NCc2cnc(C)cn2)cc1Cl. The molecule has 0 bridgehead atoms. The lowest BCUT2D eigenvalue weighted by Gasteiger charge is -2.08. The first-order valence-corrected chi connectivity index (χ1v) is 6.93. The number of pyridine rings is 1. The number of hydrogen-bond acceptors (Lipinski definition) is 5. The Morgan fingerprint density at radius 1 is 1.24 bits per heavy atom. The van der Waals surface area contributed by atoms with Gasteiger partial charge in [0, 0.05) is 18.9 Å². The normalized spacial score (nSPS) is 10.2. The van der Waals surface area contributed by atoms with E-state index in [4.69, 9.17) is 11.6 Å². The van der Waals surface area contributed by atoms with Gasteiger partial charge in [0.05, 0.1) is 34.7 Å². The second kappa shape index (κ2) is 6.99. The molecule has 2 aromatic heterocycles. The lowest BCUT2D eigenvalue weighted by atomic mass is 10.2. The molecule has 2 N–H and O–H groups in total. The maximum absolute atomic E-state index is 12.0. The zero-order valence-corrected chi connectivity index (χ0v) is 12.6. The molecule has 0 saturated heterocycles. The number of rotatable bonds is 5. The Balaban J connectivity index is 2.00. The van der Waals surface area contributed by atoms with Crippen LogP contribution in [0.5, 0.6) is 0 Å². The molecule has 0 spiro atoms. The average molecular weight is 306 g/mol. The Morgan fingerprint density at radius 3 is 2.67 bits per heavy atom. The second-order valence-electron chi connectivity index (χ2n) is 4.42. The number of halogens is 1. The van der Waals surface area contributed by atoms with Gasteiger partial charge in [-0.3, -0.25) is 14.8 Å². The van der Waals surface area contributed by atoms with Crippen LogP contribution in [0.3, 0.4) is 0 Å². The van der Waals surface area contributed by atoms with Crippen molar-refractivity contribution in [3.8, 4) is 0 Å². The van der Waals surface area contributed by atoms with Gasteiger partial charge in [0.25, 0.3) is 5.91 Å². The molecule has 0 aliphatic heterocycles. The predicted molar refractivity (Wildman–Crippen MR) is 81.3 cm³/mol. The van der Waals surface area contributed by atoms with Crippen LogP contribution < -0.4 is 10.6 Å². The fraction of sp³-hybridized carbons (Fsp3) is 0.286. The largest absolute Gasteiger partial charge is 0.369 e. The van der Waals surface area contributed by atoms with E-state index in [9.17, 15) is 4.79 Å². The van der Waals surface area contributed by atoms with Gasteiger partial charge in [0.15, 0.2) is 0 Å². The highest BCUT2D eigenvalue weighted by Crippen LogP contribution is 2.19. The molecule has 0 atom stereocenters. The topological polar surface area (TPSA) is 79.8 Å².